The third-order valence-electron chi connectivity index (χ3n) is 15.1. The predicted octanol–water partition coefficient (Wildman–Crippen LogP) is 20.2. The maximum absolute atomic E-state index is 15.7. The Morgan fingerprint density at radius 2 is 1.09 bits per heavy atom. The van der Waals surface area contributed by atoms with Gasteiger partial charge in [0, 0.05) is 47.3 Å². The van der Waals surface area contributed by atoms with Gasteiger partial charge >= 0.3 is 6.01 Å². The third-order valence-corrected chi connectivity index (χ3v) is 15.1. The van der Waals surface area contributed by atoms with Crippen molar-refractivity contribution in [2.75, 3.05) is 0 Å². The molecule has 0 saturated heterocycles. The molecule has 0 saturated carbocycles. The topological polar surface area (TPSA) is 33.1 Å². The number of pyridine rings is 1. The molecule has 5 nitrogen and oxygen atoms in total. The zero-order valence-electron chi connectivity index (χ0n) is 51.5. The van der Waals surface area contributed by atoms with Crippen LogP contribution in [0, 0.1) is 11.6 Å². The van der Waals surface area contributed by atoms with Crippen LogP contribution in [0.1, 0.15) is 135 Å². The van der Waals surface area contributed by atoms with E-state index in [1.165, 1.54) is 12.1 Å². The highest BCUT2D eigenvalue weighted by atomic mass is 19.1. The van der Waals surface area contributed by atoms with Gasteiger partial charge < -0.3 is 4.74 Å². The number of halogens is 2. The van der Waals surface area contributed by atoms with Gasteiger partial charge in [-0.05, 0) is 148 Å². The maximum Gasteiger partial charge on any atom is 0.503 e. The highest BCUT2D eigenvalue weighted by molar-refractivity contribution is 6.09. The molecule has 0 N–H and O–H groups in total. The molecule has 0 aliphatic carbocycles. The van der Waals surface area contributed by atoms with E-state index in [-0.39, 0.29) is 52.4 Å². The van der Waals surface area contributed by atoms with Crippen LogP contribution in [0.4, 0.5) is 31.5 Å². The summed E-state index contributed by atoms with van der Waals surface area (Å²) in [5, 5.41) is 2.07. The van der Waals surface area contributed by atoms with Crippen LogP contribution in [-0.2, 0) is 16.2 Å². The van der Waals surface area contributed by atoms with Crippen LogP contribution in [-0.4, -0.2) is 15.6 Å². The minimum Gasteiger partial charge on any atom is -0.457 e. The van der Waals surface area contributed by atoms with Gasteiger partial charge in [0.1, 0.15) is 29.0 Å². The van der Waals surface area contributed by atoms with E-state index >= 15 is 8.78 Å². The number of rotatable bonds is 10. The SMILES string of the molecule is [2H]c1c([2H])c(C(C)(C)C)c([2H])c([2H])c1-c1cc(Oc2ccc3c4ccccc4n(-c4cc(C(C)(C)C)ccn4)c3c2)cc([N+]2=C=[N+](c3c(-c4cc(F)cc(F)c4)cc(C(C)(C)C)cc3-c3cc(C(C)C)cc(C(C)C)c3)c3ccccc32)c1. The summed E-state index contributed by atoms with van der Waals surface area (Å²) in [6.07, 6.45) is 1.85. The van der Waals surface area contributed by atoms with Crippen molar-refractivity contribution in [2.45, 2.75) is 118 Å². The van der Waals surface area contributed by atoms with Gasteiger partial charge in [-0.2, -0.15) is 0 Å². The summed E-state index contributed by atoms with van der Waals surface area (Å²) in [7, 11) is 0. The number of hydrogen-bond acceptors (Lipinski definition) is 2. The number of benzene rings is 8. The molecule has 0 atom stereocenters. The Balaban J connectivity index is 1.21. The smallest absolute Gasteiger partial charge is 0.457 e. The van der Waals surface area contributed by atoms with Crippen LogP contribution < -0.4 is 13.9 Å². The summed E-state index contributed by atoms with van der Waals surface area (Å²) >= 11 is 0. The van der Waals surface area contributed by atoms with Crippen molar-refractivity contribution in [2.24, 2.45) is 0 Å². The minimum atomic E-state index is -0.699. The van der Waals surface area contributed by atoms with Gasteiger partial charge in [-0.15, -0.1) is 0 Å². The molecule has 1 aliphatic rings. The van der Waals surface area contributed by atoms with E-state index < -0.39 is 17.0 Å². The highest BCUT2D eigenvalue weighted by Gasteiger charge is 2.41. The molecule has 79 heavy (non-hydrogen) atoms. The van der Waals surface area contributed by atoms with Crippen LogP contribution in [0.25, 0.3) is 61.0 Å². The first-order chi connectivity index (χ1) is 39.2. The Hall–Kier alpha value is -8.25. The van der Waals surface area contributed by atoms with Gasteiger partial charge in [0.05, 0.1) is 33.7 Å². The summed E-state index contributed by atoms with van der Waals surface area (Å²) in [4.78, 5) is 4.90. The van der Waals surface area contributed by atoms with Gasteiger partial charge in [-0.25, -0.2) is 13.8 Å². The lowest BCUT2D eigenvalue weighted by atomic mass is 9.81. The maximum atomic E-state index is 15.7. The quantitative estimate of drug-likeness (QED) is 0.128. The molecule has 8 aromatic carbocycles. The molecule has 1 aliphatic heterocycles. The molecule has 2 aromatic heterocycles. The average molecular weight is 1050 g/mol. The molecule has 0 fully saturated rings. The van der Waals surface area contributed by atoms with Crippen molar-refractivity contribution in [1.29, 1.82) is 0 Å². The summed E-state index contributed by atoms with van der Waals surface area (Å²) in [5.41, 5.74) is 11.4. The van der Waals surface area contributed by atoms with Crippen LogP contribution in [0.5, 0.6) is 11.5 Å². The molecule has 7 heteroatoms. The highest BCUT2D eigenvalue weighted by Crippen LogP contribution is 2.49. The number of fused-ring (bicyclic) bond motifs is 4. The number of ether oxygens (including phenoxy) is 1. The van der Waals surface area contributed by atoms with Crippen molar-refractivity contribution in [3.8, 4) is 50.7 Å². The summed E-state index contributed by atoms with van der Waals surface area (Å²) < 4.78 is 82.3. The molecule has 396 valence electrons. The van der Waals surface area contributed by atoms with Crippen LogP contribution >= 0.6 is 0 Å². The standard InChI is InChI=1S/C72H70F2N4O/c1-44(2)47-30-48(45(3)4)32-50(31-47)62-37-54(72(11,12)13)38-63(51-33-55(73)40-56(74)34-51)69(62)77-43-76(65-20-16-17-21-66(65)77)57-35-49(46-22-24-52(25-23-46)70(5,6)7)36-59(41-57)79-58-26-27-61-60-18-14-15-19-64(60)78(67(61)42-58)68-39-53(28-29-75-68)71(8,9)10/h14-42,44-45H,1-13H3/q+2/i22D,23D,24D,25D. The molecular formula is C72H70F2N4O+2. The fourth-order valence-electron chi connectivity index (χ4n) is 10.5. The summed E-state index contributed by atoms with van der Waals surface area (Å²) in [6.45, 7) is 27.4. The second kappa shape index (κ2) is 19.9. The van der Waals surface area contributed by atoms with Crippen LogP contribution in [0.2, 0.25) is 0 Å². The van der Waals surface area contributed by atoms with Crippen molar-refractivity contribution >= 4 is 50.6 Å². The van der Waals surface area contributed by atoms with Crippen molar-refractivity contribution < 1.29 is 19.0 Å². The van der Waals surface area contributed by atoms with E-state index in [1.807, 2.05) is 103 Å². The second-order valence-corrected chi connectivity index (χ2v) is 24.8. The first-order valence-electron chi connectivity index (χ1n) is 29.4. The Morgan fingerprint density at radius 1 is 0.506 bits per heavy atom. The zero-order chi connectivity index (χ0) is 59.4. The number of hydrogen-bond donors (Lipinski definition) is 0. The van der Waals surface area contributed by atoms with E-state index in [9.17, 15) is 5.48 Å². The molecule has 0 amide bonds. The molecule has 3 heterocycles. The lowest BCUT2D eigenvalue weighted by Crippen LogP contribution is -2.13. The van der Waals surface area contributed by atoms with E-state index in [4.69, 9.17) is 9.72 Å². The number of nitrogens with zero attached hydrogens (tertiary/aromatic N) is 4. The predicted molar refractivity (Wildman–Crippen MR) is 326 cm³/mol. The van der Waals surface area contributed by atoms with Crippen LogP contribution in [0.15, 0.2) is 176 Å². The summed E-state index contributed by atoms with van der Waals surface area (Å²) in [6, 6.07) is 49.6. The fourth-order valence-corrected chi connectivity index (χ4v) is 10.5. The van der Waals surface area contributed by atoms with E-state index in [2.05, 4.69) is 134 Å². The lowest BCUT2D eigenvalue weighted by Gasteiger charge is -2.23. The molecule has 0 spiro atoms. The molecule has 11 rings (SSSR count). The van der Waals surface area contributed by atoms with Gasteiger partial charge in [0.2, 0.25) is 11.4 Å². The van der Waals surface area contributed by atoms with E-state index in [0.29, 0.717) is 45.1 Å². The van der Waals surface area contributed by atoms with E-state index in [1.54, 1.807) is 6.07 Å². The molecule has 0 bridgehead atoms. The first kappa shape index (κ1) is 47.9. The van der Waals surface area contributed by atoms with Gasteiger partial charge in [-0.1, -0.05) is 163 Å². The Morgan fingerprint density at radius 3 is 1.71 bits per heavy atom. The Bertz CT molecular complexity index is 4300. The van der Waals surface area contributed by atoms with Gasteiger partial charge in [0.25, 0.3) is 11.4 Å². The van der Waals surface area contributed by atoms with E-state index in [0.717, 1.165) is 78.4 Å². The number of para-hydroxylation sites is 3. The number of aromatic nitrogens is 2. The van der Waals surface area contributed by atoms with Gasteiger partial charge in [0.15, 0.2) is 0 Å². The van der Waals surface area contributed by atoms with Crippen molar-refractivity contribution in [1.82, 2.24) is 18.7 Å². The van der Waals surface area contributed by atoms with Crippen molar-refractivity contribution in [3.63, 3.8) is 0 Å². The van der Waals surface area contributed by atoms with Gasteiger partial charge in [-0.3, -0.25) is 4.57 Å². The molecule has 10 aromatic rings. The lowest BCUT2D eigenvalue weighted by molar-refractivity contribution is 0.483. The second-order valence-electron chi connectivity index (χ2n) is 24.8. The third kappa shape index (κ3) is 10.2. The summed E-state index contributed by atoms with van der Waals surface area (Å²) in [5.74, 6) is 0.646. The first-order valence-corrected chi connectivity index (χ1v) is 27.4. The molecular weight excluding hydrogens is 975 g/mol. The zero-order valence-corrected chi connectivity index (χ0v) is 47.5. The monoisotopic (exact) mass is 1050 g/mol. The van der Waals surface area contributed by atoms with Crippen LogP contribution in [0.3, 0.4) is 0 Å². The minimum absolute atomic E-state index is 0.116. The molecule has 0 unspecified atom stereocenters. The molecule has 0 radical (unpaired) electrons. The largest absolute Gasteiger partial charge is 0.503 e. The Kier molecular flexibility index (Phi) is 12.1. The Labute approximate surface area is 470 Å². The normalized spacial score (nSPS) is 13.6. The average Bonchev–Trinajstić information content (AvgIpc) is 4.13. The van der Waals surface area contributed by atoms with Crippen molar-refractivity contribution in [3.05, 3.63) is 215 Å². The fraction of sp³-hybridized carbons (Fsp3) is 0.250.